The lowest BCUT2D eigenvalue weighted by atomic mass is 10.1. The fraction of sp³-hybridized carbons (Fsp3) is 0.933. The second-order valence-corrected chi connectivity index (χ2v) is 7.16. The summed E-state index contributed by atoms with van der Waals surface area (Å²) < 4.78 is 30.8. The van der Waals surface area contributed by atoms with Crippen LogP contribution in [0.5, 0.6) is 0 Å². The molecule has 2 N–H and O–H groups in total. The number of rotatable bonds is 13. The van der Waals surface area contributed by atoms with E-state index < -0.39 is 15.5 Å². The molecule has 1 atom stereocenters. The molecule has 1 amide bonds. The molecule has 0 heterocycles. The zero-order chi connectivity index (χ0) is 16.1. The molecule has 0 aliphatic rings. The number of unbranched alkanes of at least 4 members (excludes halogenated alkanes) is 8. The van der Waals surface area contributed by atoms with Crippen LogP contribution in [0.3, 0.4) is 0 Å². The van der Waals surface area contributed by atoms with Crippen LogP contribution in [-0.4, -0.2) is 24.3 Å². The van der Waals surface area contributed by atoms with Crippen LogP contribution in [0.25, 0.3) is 0 Å². The molecule has 21 heavy (non-hydrogen) atoms. The molecule has 1 unspecified atom stereocenters. The van der Waals surface area contributed by atoms with Crippen LogP contribution in [0.15, 0.2) is 0 Å². The summed E-state index contributed by atoms with van der Waals surface area (Å²) in [5.41, 5.74) is 0. The predicted octanol–water partition coefficient (Wildman–Crippen LogP) is 3.65. The van der Waals surface area contributed by atoms with E-state index >= 15 is 0 Å². The van der Waals surface area contributed by atoms with E-state index in [0.29, 0.717) is 6.42 Å². The standard InChI is InChI=1S/C15H31NO4S/c1-3-5-6-7-8-9-10-11-12-13-14(17)16-15(4-2)21(18,19)20/h15H,3-13H2,1-2H3,(H,16,17)(H,18,19,20). The van der Waals surface area contributed by atoms with Crippen LogP contribution in [0.1, 0.15) is 84.5 Å². The summed E-state index contributed by atoms with van der Waals surface area (Å²) in [5.74, 6) is -0.303. The Morgan fingerprint density at radius 3 is 1.86 bits per heavy atom. The van der Waals surface area contributed by atoms with Gasteiger partial charge in [-0.15, -0.1) is 0 Å². The molecule has 0 spiro atoms. The van der Waals surface area contributed by atoms with E-state index in [0.717, 1.165) is 19.3 Å². The lowest BCUT2D eigenvalue weighted by Gasteiger charge is -2.13. The van der Waals surface area contributed by atoms with Gasteiger partial charge in [0.15, 0.2) is 5.37 Å². The first-order valence-electron chi connectivity index (χ1n) is 8.17. The van der Waals surface area contributed by atoms with Crippen molar-refractivity contribution >= 4 is 16.0 Å². The summed E-state index contributed by atoms with van der Waals surface area (Å²) in [6.45, 7) is 3.81. The fourth-order valence-electron chi connectivity index (χ4n) is 2.24. The average molecular weight is 321 g/mol. The van der Waals surface area contributed by atoms with Crippen molar-refractivity contribution in [3.8, 4) is 0 Å². The van der Waals surface area contributed by atoms with Gasteiger partial charge in [0.2, 0.25) is 5.91 Å². The molecule has 0 aromatic carbocycles. The summed E-state index contributed by atoms with van der Waals surface area (Å²) >= 11 is 0. The zero-order valence-corrected chi connectivity index (χ0v) is 14.3. The number of nitrogens with one attached hydrogen (secondary N) is 1. The lowest BCUT2D eigenvalue weighted by molar-refractivity contribution is -0.121. The molecule has 0 aromatic rings. The SMILES string of the molecule is CCCCCCCCCCCC(=O)NC(CC)S(=O)(=O)O. The molecule has 0 radical (unpaired) electrons. The molecule has 6 heteroatoms. The third-order valence-electron chi connectivity index (χ3n) is 3.56. The van der Waals surface area contributed by atoms with Crippen LogP contribution >= 0.6 is 0 Å². The van der Waals surface area contributed by atoms with Crippen LogP contribution in [0.4, 0.5) is 0 Å². The predicted molar refractivity (Wildman–Crippen MR) is 85.6 cm³/mol. The number of hydrogen-bond acceptors (Lipinski definition) is 3. The van der Waals surface area contributed by atoms with Gasteiger partial charge in [0.1, 0.15) is 0 Å². The van der Waals surface area contributed by atoms with Gasteiger partial charge < -0.3 is 5.32 Å². The van der Waals surface area contributed by atoms with Crippen molar-refractivity contribution < 1.29 is 17.8 Å². The van der Waals surface area contributed by atoms with Gasteiger partial charge in [-0.1, -0.05) is 65.2 Å². The van der Waals surface area contributed by atoms with Crippen molar-refractivity contribution in [2.24, 2.45) is 0 Å². The van der Waals surface area contributed by atoms with Crippen LogP contribution in [0.2, 0.25) is 0 Å². The van der Waals surface area contributed by atoms with Gasteiger partial charge in [0.25, 0.3) is 10.1 Å². The lowest BCUT2D eigenvalue weighted by Crippen LogP contribution is -2.39. The highest BCUT2D eigenvalue weighted by atomic mass is 32.2. The average Bonchev–Trinajstić information content (AvgIpc) is 2.41. The number of hydrogen-bond donors (Lipinski definition) is 2. The zero-order valence-electron chi connectivity index (χ0n) is 13.4. The number of carbonyl (C=O) groups excluding carboxylic acids is 1. The van der Waals surface area contributed by atoms with Crippen LogP contribution in [-0.2, 0) is 14.9 Å². The van der Waals surface area contributed by atoms with E-state index in [1.165, 1.54) is 38.5 Å². The van der Waals surface area contributed by atoms with Crippen LogP contribution in [0, 0.1) is 0 Å². The van der Waals surface area contributed by atoms with Gasteiger partial charge in [0, 0.05) is 6.42 Å². The van der Waals surface area contributed by atoms with Crippen molar-refractivity contribution in [3.63, 3.8) is 0 Å². The largest absolute Gasteiger partial charge is 0.338 e. The van der Waals surface area contributed by atoms with E-state index in [1.54, 1.807) is 6.92 Å². The molecule has 0 bridgehead atoms. The van der Waals surface area contributed by atoms with E-state index in [4.69, 9.17) is 4.55 Å². The maximum atomic E-state index is 11.6. The normalized spacial score (nSPS) is 13.1. The summed E-state index contributed by atoms with van der Waals surface area (Å²) in [6.07, 6.45) is 11.0. The summed E-state index contributed by atoms with van der Waals surface area (Å²) in [6, 6.07) is 0. The molecule has 0 aliphatic carbocycles. The van der Waals surface area contributed by atoms with Gasteiger partial charge in [-0.25, -0.2) is 0 Å². The first-order valence-corrected chi connectivity index (χ1v) is 9.67. The highest BCUT2D eigenvalue weighted by molar-refractivity contribution is 7.86. The monoisotopic (exact) mass is 321 g/mol. The van der Waals surface area contributed by atoms with E-state index in [1.807, 2.05) is 0 Å². The third-order valence-corrected chi connectivity index (χ3v) is 4.73. The second kappa shape index (κ2) is 12.0. The first-order chi connectivity index (χ1) is 9.91. The summed E-state index contributed by atoms with van der Waals surface area (Å²) in [7, 11) is -4.19. The molecule has 0 saturated carbocycles. The molecule has 0 fully saturated rings. The molecule has 0 saturated heterocycles. The Hall–Kier alpha value is -0.620. The Morgan fingerprint density at radius 2 is 1.43 bits per heavy atom. The fourth-order valence-corrected chi connectivity index (χ4v) is 2.94. The number of carbonyl (C=O) groups is 1. The molecule has 126 valence electrons. The second-order valence-electron chi connectivity index (χ2n) is 5.56. The first kappa shape index (κ1) is 20.4. The molecular weight excluding hydrogens is 290 g/mol. The molecule has 0 aromatic heterocycles. The molecular formula is C15H31NO4S. The minimum Gasteiger partial charge on any atom is -0.338 e. The van der Waals surface area contributed by atoms with Crippen molar-refractivity contribution in [1.29, 1.82) is 0 Å². The Balaban J connectivity index is 3.58. The minimum absolute atomic E-state index is 0.169. The summed E-state index contributed by atoms with van der Waals surface area (Å²) in [5, 5.41) is 1.18. The van der Waals surface area contributed by atoms with Gasteiger partial charge in [-0.2, -0.15) is 8.42 Å². The highest BCUT2D eigenvalue weighted by Crippen LogP contribution is 2.10. The Kier molecular flexibility index (Phi) is 11.6. The Bertz CT molecular complexity index is 368. The van der Waals surface area contributed by atoms with E-state index in [-0.39, 0.29) is 12.3 Å². The topological polar surface area (TPSA) is 83.5 Å². The molecule has 5 nitrogen and oxygen atoms in total. The Morgan fingerprint density at radius 1 is 0.952 bits per heavy atom. The van der Waals surface area contributed by atoms with Gasteiger partial charge in [-0.05, 0) is 12.8 Å². The van der Waals surface area contributed by atoms with Gasteiger partial charge >= 0.3 is 0 Å². The highest BCUT2D eigenvalue weighted by Gasteiger charge is 2.22. The van der Waals surface area contributed by atoms with Crippen molar-refractivity contribution in [1.82, 2.24) is 5.32 Å². The maximum absolute atomic E-state index is 11.6. The quantitative estimate of drug-likeness (QED) is 0.400. The Labute approximate surface area is 129 Å². The van der Waals surface area contributed by atoms with Crippen molar-refractivity contribution in [3.05, 3.63) is 0 Å². The number of amides is 1. The smallest absolute Gasteiger partial charge is 0.286 e. The maximum Gasteiger partial charge on any atom is 0.286 e. The van der Waals surface area contributed by atoms with Crippen molar-refractivity contribution in [2.75, 3.05) is 0 Å². The molecule has 0 rings (SSSR count). The molecule has 0 aliphatic heterocycles. The van der Waals surface area contributed by atoms with Crippen LogP contribution < -0.4 is 5.32 Å². The van der Waals surface area contributed by atoms with Gasteiger partial charge in [0.05, 0.1) is 0 Å². The van der Waals surface area contributed by atoms with Crippen molar-refractivity contribution in [2.45, 2.75) is 89.9 Å². The summed E-state index contributed by atoms with van der Waals surface area (Å²) in [4.78, 5) is 11.6. The van der Waals surface area contributed by atoms with E-state index in [9.17, 15) is 13.2 Å². The van der Waals surface area contributed by atoms with E-state index in [2.05, 4.69) is 12.2 Å². The van der Waals surface area contributed by atoms with Gasteiger partial charge in [-0.3, -0.25) is 9.35 Å². The minimum atomic E-state index is -4.19. The third kappa shape index (κ3) is 11.7.